The number of rotatable bonds is 4. The molecule has 6 heteroatoms. The fourth-order valence-corrected chi connectivity index (χ4v) is 3.82. The van der Waals surface area contributed by atoms with E-state index < -0.39 is 10.0 Å². The number of nitrogens with one attached hydrogen (secondary N) is 1. The van der Waals surface area contributed by atoms with Crippen LogP contribution in [0.3, 0.4) is 0 Å². The molecule has 0 heterocycles. The van der Waals surface area contributed by atoms with E-state index in [1.807, 2.05) is 0 Å². The van der Waals surface area contributed by atoms with Crippen molar-refractivity contribution in [3.05, 3.63) is 29.3 Å². The van der Waals surface area contributed by atoms with Crippen LogP contribution >= 0.6 is 11.6 Å². The van der Waals surface area contributed by atoms with Crippen molar-refractivity contribution < 1.29 is 8.42 Å². The molecule has 0 amide bonds. The zero-order valence-electron chi connectivity index (χ0n) is 9.97. The largest absolute Gasteiger partial charge is 0.330 e. The van der Waals surface area contributed by atoms with E-state index in [9.17, 15) is 8.42 Å². The molecule has 2 atom stereocenters. The van der Waals surface area contributed by atoms with Gasteiger partial charge in [-0.3, -0.25) is 0 Å². The molecule has 0 aromatic heterocycles. The van der Waals surface area contributed by atoms with Crippen molar-refractivity contribution in [2.75, 3.05) is 6.54 Å². The van der Waals surface area contributed by atoms with Gasteiger partial charge in [0.1, 0.15) is 0 Å². The van der Waals surface area contributed by atoms with Crippen LogP contribution in [0.25, 0.3) is 0 Å². The molecular weight excluding hydrogens is 272 g/mol. The molecule has 1 aliphatic carbocycles. The minimum Gasteiger partial charge on any atom is -0.330 e. The molecule has 1 aliphatic rings. The van der Waals surface area contributed by atoms with E-state index in [2.05, 4.69) is 4.72 Å². The fraction of sp³-hybridized carbons (Fsp3) is 0.500. The summed E-state index contributed by atoms with van der Waals surface area (Å²) in [5, 5.41) is 0.523. The zero-order chi connectivity index (χ0) is 13.2. The maximum Gasteiger partial charge on any atom is 0.240 e. The van der Waals surface area contributed by atoms with Gasteiger partial charge < -0.3 is 5.73 Å². The Bertz CT molecular complexity index is 501. The SMILES string of the molecule is NCC1CCCC1NS(=O)(=O)c1ccc(Cl)cc1. The Kier molecular flexibility index (Phi) is 4.27. The Balaban J connectivity index is 2.14. The average Bonchev–Trinajstić information content (AvgIpc) is 2.76. The lowest BCUT2D eigenvalue weighted by atomic mass is 10.1. The van der Waals surface area contributed by atoms with Gasteiger partial charge >= 0.3 is 0 Å². The van der Waals surface area contributed by atoms with E-state index in [1.165, 1.54) is 12.1 Å². The van der Waals surface area contributed by atoms with Gasteiger partial charge in [0.25, 0.3) is 0 Å². The van der Waals surface area contributed by atoms with Gasteiger partial charge in [0.15, 0.2) is 0 Å². The lowest BCUT2D eigenvalue weighted by Gasteiger charge is -2.19. The van der Waals surface area contributed by atoms with E-state index in [4.69, 9.17) is 17.3 Å². The van der Waals surface area contributed by atoms with Crippen molar-refractivity contribution in [1.82, 2.24) is 4.72 Å². The van der Waals surface area contributed by atoms with Gasteiger partial charge in [0.2, 0.25) is 10.0 Å². The number of nitrogens with two attached hydrogens (primary N) is 1. The number of hydrogen-bond acceptors (Lipinski definition) is 3. The molecule has 1 fully saturated rings. The maximum atomic E-state index is 12.2. The van der Waals surface area contributed by atoms with Crippen LogP contribution in [0.2, 0.25) is 5.02 Å². The monoisotopic (exact) mass is 288 g/mol. The molecule has 2 unspecified atom stereocenters. The summed E-state index contributed by atoms with van der Waals surface area (Å²) in [5.41, 5.74) is 5.65. The Hall–Kier alpha value is -0.620. The van der Waals surface area contributed by atoms with E-state index in [0.717, 1.165) is 19.3 Å². The predicted octanol–water partition coefficient (Wildman–Crippen LogP) is 1.75. The predicted molar refractivity (Wildman–Crippen MR) is 72.0 cm³/mol. The topological polar surface area (TPSA) is 72.2 Å². The molecule has 100 valence electrons. The summed E-state index contributed by atoms with van der Waals surface area (Å²) in [6.07, 6.45) is 2.87. The van der Waals surface area contributed by atoms with Crippen molar-refractivity contribution >= 4 is 21.6 Å². The first-order chi connectivity index (χ1) is 8.53. The zero-order valence-corrected chi connectivity index (χ0v) is 11.5. The van der Waals surface area contributed by atoms with E-state index in [-0.39, 0.29) is 16.9 Å². The van der Waals surface area contributed by atoms with Crippen LogP contribution in [0.1, 0.15) is 19.3 Å². The van der Waals surface area contributed by atoms with Crippen LogP contribution in [0.5, 0.6) is 0 Å². The van der Waals surface area contributed by atoms with Gasteiger partial charge in [0, 0.05) is 11.1 Å². The summed E-state index contributed by atoms with van der Waals surface area (Å²) in [7, 11) is -3.47. The summed E-state index contributed by atoms with van der Waals surface area (Å²) in [5.74, 6) is 0.243. The summed E-state index contributed by atoms with van der Waals surface area (Å²) in [6.45, 7) is 0.522. The molecule has 1 aromatic carbocycles. The van der Waals surface area contributed by atoms with Crippen molar-refractivity contribution in [1.29, 1.82) is 0 Å². The number of sulfonamides is 1. The molecule has 0 bridgehead atoms. The first-order valence-corrected chi connectivity index (χ1v) is 7.87. The second kappa shape index (κ2) is 5.57. The Labute approximate surface area is 113 Å². The van der Waals surface area contributed by atoms with E-state index in [0.29, 0.717) is 11.6 Å². The van der Waals surface area contributed by atoms with Crippen LogP contribution in [-0.2, 0) is 10.0 Å². The highest BCUT2D eigenvalue weighted by atomic mass is 35.5. The second-order valence-electron chi connectivity index (χ2n) is 4.61. The Morgan fingerprint density at radius 1 is 1.28 bits per heavy atom. The van der Waals surface area contributed by atoms with Gasteiger partial charge in [-0.05, 0) is 49.6 Å². The van der Waals surface area contributed by atoms with Crippen LogP contribution in [0.15, 0.2) is 29.2 Å². The first kappa shape index (κ1) is 13.8. The third kappa shape index (κ3) is 3.03. The molecular formula is C12H17ClN2O2S. The first-order valence-electron chi connectivity index (χ1n) is 6.01. The standard InChI is InChI=1S/C12H17ClN2O2S/c13-10-4-6-11(7-5-10)18(16,17)15-12-3-1-2-9(12)8-14/h4-7,9,12,15H,1-3,8,14H2. The molecule has 3 N–H and O–H groups in total. The highest BCUT2D eigenvalue weighted by Crippen LogP contribution is 2.26. The Morgan fingerprint density at radius 2 is 1.94 bits per heavy atom. The maximum absolute atomic E-state index is 12.2. The Morgan fingerprint density at radius 3 is 2.56 bits per heavy atom. The quantitative estimate of drug-likeness (QED) is 0.886. The highest BCUT2D eigenvalue weighted by Gasteiger charge is 2.30. The van der Waals surface area contributed by atoms with Crippen LogP contribution in [0, 0.1) is 5.92 Å². The van der Waals surface area contributed by atoms with Crippen LogP contribution < -0.4 is 10.5 Å². The average molecular weight is 289 g/mol. The van der Waals surface area contributed by atoms with Crippen molar-refractivity contribution in [2.24, 2.45) is 11.7 Å². The number of hydrogen-bond donors (Lipinski definition) is 2. The van der Waals surface area contributed by atoms with Gasteiger partial charge in [-0.15, -0.1) is 0 Å². The van der Waals surface area contributed by atoms with Gasteiger partial charge in [0.05, 0.1) is 4.90 Å². The third-order valence-electron chi connectivity index (χ3n) is 3.39. The number of benzene rings is 1. The minimum atomic E-state index is -3.47. The molecule has 4 nitrogen and oxygen atoms in total. The molecule has 1 saturated carbocycles. The molecule has 0 radical (unpaired) electrons. The molecule has 18 heavy (non-hydrogen) atoms. The molecule has 0 spiro atoms. The fourth-order valence-electron chi connectivity index (χ4n) is 2.36. The summed E-state index contributed by atoms with van der Waals surface area (Å²) >= 11 is 5.75. The van der Waals surface area contributed by atoms with E-state index in [1.54, 1.807) is 12.1 Å². The second-order valence-corrected chi connectivity index (χ2v) is 6.76. The summed E-state index contributed by atoms with van der Waals surface area (Å²) in [6, 6.07) is 6.13. The lowest BCUT2D eigenvalue weighted by Crippen LogP contribution is -2.39. The van der Waals surface area contributed by atoms with Gasteiger partial charge in [-0.25, -0.2) is 13.1 Å². The van der Waals surface area contributed by atoms with Crippen LogP contribution in [0.4, 0.5) is 0 Å². The minimum absolute atomic E-state index is 0.0457. The summed E-state index contributed by atoms with van der Waals surface area (Å²) < 4.78 is 27.1. The van der Waals surface area contributed by atoms with Crippen LogP contribution in [-0.4, -0.2) is 21.0 Å². The highest BCUT2D eigenvalue weighted by molar-refractivity contribution is 7.89. The molecule has 0 aliphatic heterocycles. The summed E-state index contributed by atoms with van der Waals surface area (Å²) in [4.78, 5) is 0.245. The molecule has 0 saturated heterocycles. The van der Waals surface area contributed by atoms with Gasteiger partial charge in [-0.2, -0.15) is 0 Å². The normalized spacial score (nSPS) is 24.3. The van der Waals surface area contributed by atoms with E-state index >= 15 is 0 Å². The van der Waals surface area contributed by atoms with Crippen molar-refractivity contribution in [3.8, 4) is 0 Å². The third-order valence-corrected chi connectivity index (χ3v) is 5.15. The lowest BCUT2D eigenvalue weighted by molar-refractivity contribution is 0.453. The van der Waals surface area contributed by atoms with Crippen molar-refractivity contribution in [2.45, 2.75) is 30.2 Å². The molecule has 1 aromatic rings. The number of halogens is 1. The molecule has 2 rings (SSSR count). The van der Waals surface area contributed by atoms with Crippen molar-refractivity contribution in [3.63, 3.8) is 0 Å². The van der Waals surface area contributed by atoms with Gasteiger partial charge in [-0.1, -0.05) is 18.0 Å². The smallest absolute Gasteiger partial charge is 0.240 e.